The maximum atomic E-state index is 6.22. The molecule has 0 saturated carbocycles. The van der Waals surface area contributed by atoms with Crippen LogP contribution in [0.15, 0.2) is 6.20 Å². The van der Waals surface area contributed by atoms with Crippen molar-refractivity contribution in [3.05, 3.63) is 16.9 Å². The maximum absolute atomic E-state index is 6.22. The Kier molecular flexibility index (Phi) is 4.86. The molecule has 2 aromatic heterocycles. The Morgan fingerprint density at radius 1 is 1.35 bits per heavy atom. The average molecular weight is 378 g/mol. The van der Waals surface area contributed by atoms with Crippen molar-refractivity contribution in [2.45, 2.75) is 45.2 Å². The SMILES string of the molecule is Cc1c2c(nn1C1CCCNC1)OCC[C@@H](C)Nc1nc(ncc1Cl)N2. The number of piperidine rings is 1. The third kappa shape index (κ3) is 3.43. The first-order valence-electron chi connectivity index (χ1n) is 9.10. The second-order valence-electron chi connectivity index (χ2n) is 6.91. The Bertz CT molecular complexity index is 788. The highest BCUT2D eigenvalue weighted by atomic mass is 35.5. The second-order valence-corrected chi connectivity index (χ2v) is 7.32. The van der Waals surface area contributed by atoms with Crippen molar-refractivity contribution in [3.8, 4) is 5.88 Å². The molecule has 9 heteroatoms. The van der Waals surface area contributed by atoms with Crippen LogP contribution in [0.1, 0.15) is 37.9 Å². The topological polar surface area (TPSA) is 88.9 Å². The lowest BCUT2D eigenvalue weighted by molar-refractivity contribution is 0.280. The van der Waals surface area contributed by atoms with E-state index in [9.17, 15) is 0 Å². The second kappa shape index (κ2) is 7.28. The Hall–Kier alpha value is -2.06. The third-order valence-corrected chi connectivity index (χ3v) is 5.16. The molecule has 2 bridgehead atoms. The highest BCUT2D eigenvalue weighted by Gasteiger charge is 2.24. The summed E-state index contributed by atoms with van der Waals surface area (Å²) in [7, 11) is 0. The molecule has 2 aliphatic rings. The Morgan fingerprint density at radius 2 is 2.23 bits per heavy atom. The number of ether oxygens (including phenoxy) is 1. The van der Waals surface area contributed by atoms with Crippen molar-refractivity contribution in [2.24, 2.45) is 0 Å². The number of rotatable bonds is 1. The summed E-state index contributed by atoms with van der Waals surface area (Å²) in [6.45, 7) is 6.67. The van der Waals surface area contributed by atoms with Gasteiger partial charge in [0.05, 0.1) is 24.5 Å². The van der Waals surface area contributed by atoms with Crippen molar-refractivity contribution in [2.75, 3.05) is 30.3 Å². The molecular weight excluding hydrogens is 354 g/mol. The first kappa shape index (κ1) is 17.4. The van der Waals surface area contributed by atoms with Gasteiger partial charge in [0.15, 0.2) is 5.82 Å². The number of nitrogens with zero attached hydrogens (tertiary/aromatic N) is 4. The summed E-state index contributed by atoms with van der Waals surface area (Å²) in [5.41, 5.74) is 1.84. The molecule has 4 rings (SSSR count). The summed E-state index contributed by atoms with van der Waals surface area (Å²) in [5.74, 6) is 1.70. The first-order chi connectivity index (χ1) is 12.6. The molecule has 140 valence electrons. The van der Waals surface area contributed by atoms with Gasteiger partial charge in [0.1, 0.15) is 10.7 Å². The van der Waals surface area contributed by atoms with Crippen LogP contribution < -0.4 is 20.7 Å². The average Bonchev–Trinajstić information content (AvgIpc) is 2.93. The Morgan fingerprint density at radius 3 is 3.04 bits per heavy atom. The minimum atomic E-state index is 0.169. The van der Waals surface area contributed by atoms with Gasteiger partial charge >= 0.3 is 0 Å². The molecule has 0 amide bonds. The molecule has 26 heavy (non-hydrogen) atoms. The van der Waals surface area contributed by atoms with Crippen LogP contribution in [0.25, 0.3) is 0 Å². The molecular formula is C17H24ClN7O. The van der Waals surface area contributed by atoms with E-state index in [1.807, 2.05) is 6.92 Å². The van der Waals surface area contributed by atoms with Crippen molar-refractivity contribution < 1.29 is 4.74 Å². The molecule has 2 aliphatic heterocycles. The van der Waals surface area contributed by atoms with Gasteiger partial charge in [-0.1, -0.05) is 11.6 Å². The van der Waals surface area contributed by atoms with E-state index in [-0.39, 0.29) is 6.04 Å². The zero-order valence-corrected chi connectivity index (χ0v) is 15.8. The van der Waals surface area contributed by atoms with Crippen LogP contribution in [0.4, 0.5) is 17.5 Å². The minimum Gasteiger partial charge on any atom is -0.475 e. The largest absolute Gasteiger partial charge is 0.475 e. The fraction of sp³-hybridized carbons (Fsp3) is 0.588. The number of nitrogens with one attached hydrogen (secondary N) is 3. The summed E-state index contributed by atoms with van der Waals surface area (Å²) >= 11 is 6.22. The van der Waals surface area contributed by atoms with Crippen LogP contribution >= 0.6 is 11.6 Å². The van der Waals surface area contributed by atoms with Gasteiger partial charge in [0.2, 0.25) is 5.95 Å². The van der Waals surface area contributed by atoms with E-state index in [1.165, 1.54) is 0 Å². The van der Waals surface area contributed by atoms with Crippen molar-refractivity contribution in [3.63, 3.8) is 0 Å². The third-order valence-electron chi connectivity index (χ3n) is 4.89. The summed E-state index contributed by atoms with van der Waals surface area (Å²) in [6.07, 6.45) is 4.67. The normalized spacial score (nSPS) is 23.0. The predicted octanol–water partition coefficient (Wildman–Crippen LogP) is 2.89. The van der Waals surface area contributed by atoms with Crippen LogP contribution in [-0.4, -0.2) is 45.5 Å². The number of hydrogen-bond acceptors (Lipinski definition) is 7. The van der Waals surface area contributed by atoms with Gasteiger partial charge in [-0.25, -0.2) is 4.98 Å². The number of fused-ring (bicyclic) bond motifs is 3. The highest BCUT2D eigenvalue weighted by Crippen LogP contribution is 2.34. The lowest BCUT2D eigenvalue weighted by Crippen LogP contribution is -2.32. The van der Waals surface area contributed by atoms with Crippen LogP contribution in [0.2, 0.25) is 5.02 Å². The fourth-order valence-electron chi connectivity index (χ4n) is 3.41. The van der Waals surface area contributed by atoms with Crippen LogP contribution in [-0.2, 0) is 0 Å². The van der Waals surface area contributed by atoms with Crippen molar-refractivity contribution in [1.82, 2.24) is 25.1 Å². The molecule has 8 nitrogen and oxygen atoms in total. The molecule has 0 spiro atoms. The molecule has 4 heterocycles. The van der Waals surface area contributed by atoms with E-state index in [2.05, 4.69) is 37.5 Å². The Labute approximate surface area is 157 Å². The molecule has 1 saturated heterocycles. The van der Waals surface area contributed by atoms with E-state index < -0.39 is 0 Å². The first-order valence-corrected chi connectivity index (χ1v) is 9.48. The molecule has 2 atom stereocenters. The molecule has 1 fully saturated rings. The monoisotopic (exact) mass is 377 g/mol. The van der Waals surface area contributed by atoms with Gasteiger partial charge < -0.3 is 20.7 Å². The Balaban J connectivity index is 1.72. The van der Waals surface area contributed by atoms with Gasteiger partial charge in [-0.05, 0) is 33.2 Å². The van der Waals surface area contributed by atoms with Gasteiger partial charge in [-0.15, -0.1) is 5.10 Å². The van der Waals surface area contributed by atoms with E-state index in [0.29, 0.717) is 35.3 Å². The van der Waals surface area contributed by atoms with Gasteiger partial charge in [-0.3, -0.25) is 4.68 Å². The van der Waals surface area contributed by atoms with Gasteiger partial charge in [-0.2, -0.15) is 4.98 Å². The van der Waals surface area contributed by atoms with Crippen molar-refractivity contribution in [1.29, 1.82) is 0 Å². The molecule has 0 radical (unpaired) electrons. The zero-order valence-electron chi connectivity index (χ0n) is 15.0. The van der Waals surface area contributed by atoms with Crippen molar-refractivity contribution >= 4 is 29.1 Å². The molecule has 3 N–H and O–H groups in total. The highest BCUT2D eigenvalue weighted by molar-refractivity contribution is 6.32. The number of halogens is 1. The number of hydrogen-bond donors (Lipinski definition) is 3. The van der Waals surface area contributed by atoms with Gasteiger partial charge in [0.25, 0.3) is 5.88 Å². The number of aromatic nitrogens is 4. The molecule has 2 aromatic rings. The van der Waals surface area contributed by atoms with Crippen LogP contribution in [0.3, 0.4) is 0 Å². The summed E-state index contributed by atoms with van der Waals surface area (Å²) in [6, 6.07) is 0.499. The maximum Gasteiger partial charge on any atom is 0.257 e. The van der Waals surface area contributed by atoms with E-state index >= 15 is 0 Å². The van der Waals surface area contributed by atoms with E-state index in [0.717, 1.165) is 43.7 Å². The van der Waals surface area contributed by atoms with E-state index in [4.69, 9.17) is 21.4 Å². The van der Waals surface area contributed by atoms with Crippen LogP contribution in [0.5, 0.6) is 5.88 Å². The quantitative estimate of drug-likeness (QED) is 0.704. The minimum absolute atomic E-state index is 0.169. The molecule has 1 unspecified atom stereocenters. The summed E-state index contributed by atoms with van der Waals surface area (Å²) in [5, 5.41) is 15.3. The molecule has 0 aliphatic carbocycles. The lowest BCUT2D eigenvalue weighted by Gasteiger charge is -2.24. The lowest BCUT2D eigenvalue weighted by atomic mass is 10.1. The zero-order chi connectivity index (χ0) is 18.1. The summed E-state index contributed by atoms with van der Waals surface area (Å²) in [4.78, 5) is 8.82. The summed E-state index contributed by atoms with van der Waals surface area (Å²) < 4.78 is 8.07. The predicted molar refractivity (Wildman–Crippen MR) is 102 cm³/mol. The standard InChI is InChI=1S/C17H24ClN7O/c1-10-5-7-26-16-14(22-17-20-9-13(18)15(21-10)23-17)11(2)25(24-16)12-4-3-6-19-8-12/h9-10,12,19H,3-8H2,1-2H3,(H2,20,21,22,23)/t10-,12?/m1/s1. The van der Waals surface area contributed by atoms with E-state index in [1.54, 1.807) is 6.20 Å². The van der Waals surface area contributed by atoms with Crippen LogP contribution in [0, 0.1) is 6.92 Å². The number of anilines is 3. The van der Waals surface area contributed by atoms with Gasteiger partial charge in [0, 0.05) is 19.0 Å². The molecule has 0 aromatic carbocycles. The smallest absolute Gasteiger partial charge is 0.257 e. The fourth-order valence-corrected chi connectivity index (χ4v) is 3.56.